The van der Waals surface area contributed by atoms with Gasteiger partial charge in [0.05, 0.1) is 0 Å². The van der Waals surface area contributed by atoms with Crippen LogP contribution in [0.15, 0.2) is 24.3 Å². The summed E-state index contributed by atoms with van der Waals surface area (Å²) in [7, 11) is 0. The van der Waals surface area contributed by atoms with Gasteiger partial charge < -0.3 is 5.32 Å². The molecule has 2 atom stereocenters. The fourth-order valence-corrected chi connectivity index (χ4v) is 3.34. The molecule has 0 spiro atoms. The zero-order valence-electron chi connectivity index (χ0n) is 13.4. The molecule has 1 aromatic carbocycles. The first kappa shape index (κ1) is 15.5. The maximum Gasteiger partial charge on any atom is 0.0451 e. The predicted octanol–water partition coefficient (Wildman–Crippen LogP) is 3.91. The highest BCUT2D eigenvalue weighted by Gasteiger charge is 2.21. The molecule has 1 saturated heterocycles. The van der Waals surface area contributed by atoms with Crippen molar-refractivity contribution in [2.45, 2.75) is 58.5 Å². The van der Waals surface area contributed by atoms with E-state index in [1.54, 1.807) is 0 Å². The van der Waals surface area contributed by atoms with Crippen molar-refractivity contribution < 1.29 is 0 Å². The molecule has 1 aromatic rings. The van der Waals surface area contributed by atoms with Gasteiger partial charge in [0.1, 0.15) is 0 Å². The molecule has 1 fully saturated rings. The van der Waals surface area contributed by atoms with Gasteiger partial charge in [-0.3, -0.25) is 4.90 Å². The van der Waals surface area contributed by atoms with Crippen molar-refractivity contribution in [3.05, 3.63) is 35.4 Å². The summed E-state index contributed by atoms with van der Waals surface area (Å²) in [6.07, 6.45) is 5.51. The summed E-state index contributed by atoms with van der Waals surface area (Å²) in [6.45, 7) is 10.3. The number of likely N-dealkylation sites (N-methyl/N-ethyl adjacent to an activating group) is 1. The Kier molecular flexibility index (Phi) is 6.06. The van der Waals surface area contributed by atoms with Gasteiger partial charge in [-0.05, 0) is 50.9 Å². The maximum absolute atomic E-state index is 3.69. The van der Waals surface area contributed by atoms with E-state index in [0.717, 1.165) is 19.1 Å². The molecule has 2 nitrogen and oxygen atoms in total. The van der Waals surface area contributed by atoms with Crippen LogP contribution in [-0.4, -0.2) is 30.6 Å². The highest BCUT2D eigenvalue weighted by molar-refractivity contribution is 5.29. The highest BCUT2D eigenvalue weighted by atomic mass is 15.2. The van der Waals surface area contributed by atoms with Gasteiger partial charge in [0.15, 0.2) is 0 Å². The number of hydrogen-bond acceptors (Lipinski definition) is 2. The third kappa shape index (κ3) is 4.07. The summed E-state index contributed by atoms with van der Waals surface area (Å²) >= 11 is 0. The van der Waals surface area contributed by atoms with E-state index in [2.05, 4.69) is 55.3 Å². The Hall–Kier alpha value is -0.860. The summed E-state index contributed by atoms with van der Waals surface area (Å²) in [5.41, 5.74) is 2.87. The number of rotatable bonds is 5. The van der Waals surface area contributed by atoms with Gasteiger partial charge in [0.25, 0.3) is 0 Å². The topological polar surface area (TPSA) is 15.3 Å². The monoisotopic (exact) mass is 274 g/mol. The van der Waals surface area contributed by atoms with Gasteiger partial charge in [-0.25, -0.2) is 0 Å². The zero-order chi connectivity index (χ0) is 14.4. The molecule has 0 radical (unpaired) electrons. The van der Waals surface area contributed by atoms with Crippen molar-refractivity contribution in [1.29, 1.82) is 0 Å². The summed E-state index contributed by atoms with van der Waals surface area (Å²) in [5, 5.41) is 3.69. The number of nitrogens with one attached hydrogen (secondary N) is 1. The lowest BCUT2D eigenvalue weighted by atomic mass is 10.00. The van der Waals surface area contributed by atoms with Crippen LogP contribution in [0.1, 0.15) is 56.7 Å². The van der Waals surface area contributed by atoms with Crippen LogP contribution in [-0.2, 0) is 0 Å². The average Bonchev–Trinajstić information content (AvgIpc) is 2.64. The molecule has 0 bridgehead atoms. The molecular weight excluding hydrogens is 244 g/mol. The number of likely N-dealkylation sites (tertiary alicyclic amines) is 1. The first-order chi connectivity index (χ1) is 9.72. The molecule has 0 aliphatic carbocycles. The van der Waals surface area contributed by atoms with E-state index in [0.29, 0.717) is 6.04 Å². The second-order valence-electron chi connectivity index (χ2n) is 6.16. The van der Waals surface area contributed by atoms with E-state index in [1.807, 2.05) is 0 Å². The molecule has 2 rings (SSSR count). The highest BCUT2D eigenvalue weighted by Crippen LogP contribution is 2.23. The fourth-order valence-electron chi connectivity index (χ4n) is 3.34. The molecule has 112 valence electrons. The SMILES string of the molecule is CCNC(CN1CCCCCC1C)c1ccccc1C. The fraction of sp³-hybridized carbons (Fsp3) is 0.667. The summed E-state index contributed by atoms with van der Waals surface area (Å²) in [4.78, 5) is 2.69. The van der Waals surface area contributed by atoms with Crippen LogP contribution < -0.4 is 5.32 Å². The van der Waals surface area contributed by atoms with Crippen LogP contribution in [0, 0.1) is 6.92 Å². The van der Waals surface area contributed by atoms with E-state index in [4.69, 9.17) is 0 Å². The van der Waals surface area contributed by atoms with Crippen molar-refractivity contribution in [2.75, 3.05) is 19.6 Å². The molecule has 1 aliphatic rings. The number of aryl methyl sites for hydroxylation is 1. The number of nitrogens with zero attached hydrogens (tertiary/aromatic N) is 1. The third-order valence-electron chi connectivity index (χ3n) is 4.62. The van der Waals surface area contributed by atoms with E-state index in [1.165, 1.54) is 43.4 Å². The van der Waals surface area contributed by atoms with Crippen molar-refractivity contribution >= 4 is 0 Å². The molecule has 0 saturated carbocycles. The first-order valence-electron chi connectivity index (χ1n) is 8.25. The Labute approximate surface area is 124 Å². The van der Waals surface area contributed by atoms with E-state index in [9.17, 15) is 0 Å². The minimum Gasteiger partial charge on any atom is -0.309 e. The second-order valence-corrected chi connectivity index (χ2v) is 6.16. The van der Waals surface area contributed by atoms with Crippen molar-refractivity contribution in [3.63, 3.8) is 0 Å². The molecule has 0 amide bonds. The van der Waals surface area contributed by atoms with E-state index >= 15 is 0 Å². The van der Waals surface area contributed by atoms with Crippen LogP contribution >= 0.6 is 0 Å². The standard InChI is InChI=1S/C18H30N2/c1-4-19-18(17-12-8-7-10-15(17)2)14-20-13-9-5-6-11-16(20)3/h7-8,10,12,16,18-19H,4-6,9,11,13-14H2,1-3H3. The van der Waals surface area contributed by atoms with Gasteiger partial charge >= 0.3 is 0 Å². The van der Waals surface area contributed by atoms with Crippen LogP contribution in [0.3, 0.4) is 0 Å². The molecule has 1 N–H and O–H groups in total. The summed E-state index contributed by atoms with van der Waals surface area (Å²) < 4.78 is 0. The molecule has 20 heavy (non-hydrogen) atoms. The number of hydrogen-bond donors (Lipinski definition) is 1. The summed E-state index contributed by atoms with van der Waals surface area (Å²) in [5.74, 6) is 0. The van der Waals surface area contributed by atoms with Gasteiger partial charge in [-0.1, -0.05) is 44.0 Å². The minimum atomic E-state index is 0.460. The first-order valence-corrected chi connectivity index (χ1v) is 8.25. The molecule has 1 heterocycles. The van der Waals surface area contributed by atoms with Crippen molar-refractivity contribution in [3.8, 4) is 0 Å². The summed E-state index contributed by atoms with van der Waals surface area (Å²) in [6, 6.07) is 10.00. The van der Waals surface area contributed by atoms with Crippen molar-refractivity contribution in [1.82, 2.24) is 10.2 Å². The van der Waals surface area contributed by atoms with E-state index in [-0.39, 0.29) is 0 Å². The van der Waals surface area contributed by atoms with E-state index < -0.39 is 0 Å². The normalized spacial score (nSPS) is 22.4. The van der Waals surface area contributed by atoms with Gasteiger partial charge in [-0.15, -0.1) is 0 Å². The Bertz CT molecular complexity index is 402. The number of benzene rings is 1. The molecule has 1 aliphatic heterocycles. The Morgan fingerprint density at radius 2 is 2.05 bits per heavy atom. The zero-order valence-corrected chi connectivity index (χ0v) is 13.4. The van der Waals surface area contributed by atoms with Gasteiger partial charge in [-0.2, -0.15) is 0 Å². The lowest BCUT2D eigenvalue weighted by Gasteiger charge is -2.32. The Morgan fingerprint density at radius 1 is 1.25 bits per heavy atom. The van der Waals surface area contributed by atoms with Crippen LogP contribution in [0.25, 0.3) is 0 Å². The van der Waals surface area contributed by atoms with Gasteiger partial charge in [0, 0.05) is 18.6 Å². The lowest BCUT2D eigenvalue weighted by Crippen LogP contribution is -2.40. The average molecular weight is 274 g/mol. The van der Waals surface area contributed by atoms with Crippen molar-refractivity contribution in [2.24, 2.45) is 0 Å². The Morgan fingerprint density at radius 3 is 2.80 bits per heavy atom. The maximum atomic E-state index is 3.69. The second kappa shape index (κ2) is 7.80. The lowest BCUT2D eigenvalue weighted by molar-refractivity contribution is 0.191. The molecular formula is C18H30N2. The molecule has 0 aromatic heterocycles. The quantitative estimate of drug-likeness (QED) is 0.875. The smallest absolute Gasteiger partial charge is 0.0451 e. The Balaban J connectivity index is 2.10. The predicted molar refractivity (Wildman–Crippen MR) is 87.1 cm³/mol. The largest absolute Gasteiger partial charge is 0.309 e. The minimum absolute atomic E-state index is 0.460. The van der Waals surface area contributed by atoms with Crippen LogP contribution in [0.5, 0.6) is 0 Å². The van der Waals surface area contributed by atoms with Gasteiger partial charge in [0.2, 0.25) is 0 Å². The molecule has 2 unspecified atom stereocenters. The van der Waals surface area contributed by atoms with Crippen LogP contribution in [0.2, 0.25) is 0 Å². The molecule has 2 heteroatoms. The van der Waals surface area contributed by atoms with Crippen LogP contribution in [0.4, 0.5) is 0 Å². The third-order valence-corrected chi connectivity index (χ3v) is 4.62.